The van der Waals surface area contributed by atoms with Gasteiger partial charge in [-0.05, 0) is 62.1 Å². The van der Waals surface area contributed by atoms with Gasteiger partial charge < -0.3 is 23.4 Å². The molecule has 284 valence electrons. The van der Waals surface area contributed by atoms with Gasteiger partial charge in [-0.1, -0.05) is 147 Å². The number of azide groups is 1. The monoisotopic (exact) mass is 773 g/mol. The van der Waals surface area contributed by atoms with Gasteiger partial charge in [0.15, 0.2) is 6.10 Å². The summed E-state index contributed by atoms with van der Waals surface area (Å²) >= 11 is 1.41. The van der Waals surface area contributed by atoms with E-state index in [-0.39, 0.29) is 18.3 Å². The van der Waals surface area contributed by atoms with Crippen LogP contribution in [0.25, 0.3) is 21.6 Å². The van der Waals surface area contributed by atoms with Gasteiger partial charge in [0, 0.05) is 4.91 Å². The van der Waals surface area contributed by atoms with Crippen molar-refractivity contribution < 1.29 is 28.2 Å². The Morgan fingerprint density at radius 3 is 1.96 bits per heavy atom. The molecule has 5 aromatic carbocycles. The van der Waals surface area contributed by atoms with Gasteiger partial charge >= 0.3 is 5.97 Å². The third-order valence-electron chi connectivity index (χ3n) is 9.99. The minimum atomic E-state index is -3.05. The van der Waals surface area contributed by atoms with E-state index in [0.29, 0.717) is 11.3 Å². The highest BCUT2D eigenvalue weighted by molar-refractivity contribution is 7.99. The standard InChI is InChI=1S/C44H47N3O6SSi/c1-44(2,3)55(34-19-11-7-12-20-34,35-21-13-8-14-22-35)51-30-38-40(53-42(48)37-24-16-15-23-36(37)32-17-9-6-10-18-32)41(39(46-47-45)43(52-38)54-5)50-29-31-25-27-33(49-4)28-26-31/h6-28,38-41,43H,29-30H2,1-5H3/t38-,39-,40+,41-,43+/m1/s1. The van der Waals surface area contributed by atoms with Gasteiger partial charge in [-0.15, -0.1) is 11.8 Å². The van der Waals surface area contributed by atoms with E-state index in [4.69, 9.17) is 23.4 Å². The van der Waals surface area contributed by atoms with Crippen molar-refractivity contribution in [1.82, 2.24) is 0 Å². The third-order valence-corrected chi connectivity index (χ3v) is 15.8. The van der Waals surface area contributed by atoms with Crippen LogP contribution in [0.15, 0.2) is 145 Å². The molecule has 55 heavy (non-hydrogen) atoms. The lowest BCUT2D eigenvalue weighted by Gasteiger charge is -2.47. The maximum atomic E-state index is 14.5. The zero-order chi connectivity index (χ0) is 38.8. The first-order valence-corrected chi connectivity index (χ1v) is 21.5. The number of ether oxygens (including phenoxy) is 4. The second-order valence-corrected chi connectivity index (χ2v) is 19.6. The van der Waals surface area contributed by atoms with E-state index in [9.17, 15) is 10.3 Å². The Bertz CT molecular complexity index is 2000. The van der Waals surface area contributed by atoms with Crippen LogP contribution in [0.4, 0.5) is 0 Å². The lowest BCUT2D eigenvalue weighted by molar-refractivity contribution is -0.184. The number of benzene rings is 5. The molecule has 0 aromatic heterocycles. The molecule has 9 nitrogen and oxygen atoms in total. The molecule has 1 aliphatic heterocycles. The molecule has 0 N–H and O–H groups in total. The predicted octanol–water partition coefficient (Wildman–Crippen LogP) is 8.82. The molecular formula is C44H47N3O6SSi. The van der Waals surface area contributed by atoms with E-state index >= 15 is 0 Å². The molecule has 5 aromatic rings. The number of nitrogens with zero attached hydrogens (tertiary/aromatic N) is 3. The summed E-state index contributed by atoms with van der Waals surface area (Å²) in [5.41, 5.74) is 12.1. The lowest BCUT2D eigenvalue weighted by atomic mass is 9.97. The number of hydrogen-bond acceptors (Lipinski definition) is 8. The largest absolute Gasteiger partial charge is 0.497 e. The van der Waals surface area contributed by atoms with E-state index in [1.165, 1.54) is 11.8 Å². The minimum absolute atomic E-state index is 0.0774. The predicted molar refractivity (Wildman–Crippen MR) is 221 cm³/mol. The molecule has 0 amide bonds. The Balaban J connectivity index is 1.43. The Morgan fingerprint density at radius 1 is 0.818 bits per heavy atom. The van der Waals surface area contributed by atoms with Gasteiger partial charge in [-0.2, -0.15) is 0 Å². The SMILES string of the molecule is COc1ccc(CO[C@@H]2[C@@H](N=[N+]=[N-])[C@H](SC)O[C@H](CO[Si](c3ccccc3)(c3ccccc3)C(C)(C)C)[C@@H]2OC(=O)c2ccccc2-c2ccccc2)cc1. The van der Waals surface area contributed by atoms with Crippen LogP contribution in [-0.4, -0.2) is 64.0 Å². The highest BCUT2D eigenvalue weighted by Gasteiger charge is 2.53. The molecule has 1 aliphatic rings. The summed E-state index contributed by atoms with van der Waals surface area (Å²) in [6.45, 7) is 6.87. The van der Waals surface area contributed by atoms with Crippen LogP contribution in [0.5, 0.6) is 5.75 Å². The van der Waals surface area contributed by atoms with Crippen LogP contribution in [0.2, 0.25) is 5.04 Å². The van der Waals surface area contributed by atoms with Gasteiger partial charge in [-0.25, -0.2) is 4.79 Å². The fourth-order valence-corrected chi connectivity index (χ4v) is 12.6. The van der Waals surface area contributed by atoms with E-state index in [1.807, 2.05) is 115 Å². The van der Waals surface area contributed by atoms with Crippen LogP contribution >= 0.6 is 11.8 Å². The molecule has 0 radical (unpaired) electrons. The second-order valence-electron chi connectivity index (χ2n) is 14.4. The van der Waals surface area contributed by atoms with Crippen LogP contribution in [0.3, 0.4) is 0 Å². The Labute approximate surface area is 328 Å². The summed E-state index contributed by atoms with van der Waals surface area (Å²) in [6.07, 6.45) is -0.803. The van der Waals surface area contributed by atoms with Crippen molar-refractivity contribution in [3.63, 3.8) is 0 Å². The second kappa shape index (κ2) is 18.2. The van der Waals surface area contributed by atoms with Gasteiger partial charge in [0.05, 0.1) is 25.9 Å². The van der Waals surface area contributed by atoms with E-state index < -0.39 is 44.1 Å². The fourth-order valence-electron chi connectivity index (χ4n) is 7.34. The zero-order valence-electron chi connectivity index (χ0n) is 31.8. The van der Waals surface area contributed by atoms with Crippen molar-refractivity contribution in [2.45, 2.75) is 62.2 Å². The normalized spacial score (nSPS) is 19.9. The number of carbonyl (C=O) groups is 1. The molecule has 5 atom stereocenters. The first-order chi connectivity index (χ1) is 26.7. The van der Waals surface area contributed by atoms with Crippen LogP contribution < -0.4 is 15.1 Å². The summed E-state index contributed by atoms with van der Waals surface area (Å²) in [6, 6.07) is 44.5. The average Bonchev–Trinajstić information content (AvgIpc) is 3.22. The number of methoxy groups -OCH3 is 1. The maximum absolute atomic E-state index is 14.5. The molecule has 11 heteroatoms. The summed E-state index contributed by atoms with van der Waals surface area (Å²) in [5.74, 6) is 0.164. The van der Waals surface area contributed by atoms with Crippen LogP contribution in [-0.2, 0) is 25.2 Å². The molecule has 0 spiro atoms. The topological polar surface area (TPSA) is 112 Å². The Morgan fingerprint density at radius 2 is 1.40 bits per heavy atom. The van der Waals surface area contributed by atoms with E-state index in [2.05, 4.69) is 55.1 Å². The first-order valence-electron chi connectivity index (χ1n) is 18.3. The number of rotatable bonds is 14. The Hall–Kier alpha value is -4.87. The van der Waals surface area contributed by atoms with E-state index in [0.717, 1.165) is 27.1 Å². The smallest absolute Gasteiger partial charge is 0.339 e. The van der Waals surface area contributed by atoms with Gasteiger partial charge in [-0.3, -0.25) is 0 Å². The summed E-state index contributed by atoms with van der Waals surface area (Å²) in [7, 11) is -1.43. The van der Waals surface area contributed by atoms with Crippen LogP contribution in [0, 0.1) is 0 Å². The van der Waals surface area contributed by atoms with Crippen molar-refractivity contribution in [1.29, 1.82) is 0 Å². The van der Waals surface area contributed by atoms with Crippen molar-refractivity contribution in [2.24, 2.45) is 5.11 Å². The third kappa shape index (κ3) is 8.84. The highest BCUT2D eigenvalue weighted by Crippen LogP contribution is 2.39. The maximum Gasteiger partial charge on any atom is 0.339 e. The highest BCUT2D eigenvalue weighted by atomic mass is 32.2. The lowest BCUT2D eigenvalue weighted by Crippen LogP contribution is -2.68. The van der Waals surface area contributed by atoms with Crippen molar-refractivity contribution in [3.8, 4) is 16.9 Å². The minimum Gasteiger partial charge on any atom is -0.497 e. The Kier molecular flexibility index (Phi) is 13.2. The van der Waals surface area contributed by atoms with Crippen LogP contribution in [0.1, 0.15) is 36.7 Å². The number of esters is 1. The average molecular weight is 774 g/mol. The van der Waals surface area contributed by atoms with Crippen molar-refractivity contribution in [2.75, 3.05) is 20.0 Å². The van der Waals surface area contributed by atoms with Crippen molar-refractivity contribution in [3.05, 3.63) is 161 Å². The number of carbonyl (C=O) groups excluding carboxylic acids is 1. The summed E-state index contributed by atoms with van der Waals surface area (Å²) in [4.78, 5) is 17.7. The molecule has 0 saturated carbocycles. The quantitative estimate of drug-likeness (QED) is 0.0365. The molecule has 0 unspecified atom stereocenters. The molecule has 1 heterocycles. The molecule has 1 fully saturated rings. The summed E-state index contributed by atoms with van der Waals surface area (Å²) < 4.78 is 32.8. The van der Waals surface area contributed by atoms with Gasteiger partial charge in [0.1, 0.15) is 29.4 Å². The summed E-state index contributed by atoms with van der Waals surface area (Å²) in [5, 5.41) is 6.09. The molecule has 0 aliphatic carbocycles. The first kappa shape index (κ1) is 39.8. The molecular weight excluding hydrogens is 727 g/mol. The number of hydrogen-bond donors (Lipinski definition) is 0. The number of thioether (sulfide) groups is 1. The van der Waals surface area contributed by atoms with Crippen molar-refractivity contribution >= 4 is 36.4 Å². The molecule has 1 saturated heterocycles. The van der Waals surface area contributed by atoms with Gasteiger partial charge in [0.25, 0.3) is 8.32 Å². The fraction of sp³-hybridized carbons (Fsp3) is 0.295. The van der Waals surface area contributed by atoms with E-state index in [1.54, 1.807) is 13.2 Å². The van der Waals surface area contributed by atoms with Gasteiger partial charge in [0.2, 0.25) is 0 Å². The molecule has 6 rings (SSSR count). The molecule has 0 bridgehead atoms. The zero-order valence-corrected chi connectivity index (χ0v) is 33.6.